The van der Waals surface area contributed by atoms with Crippen molar-refractivity contribution in [3.63, 3.8) is 0 Å². The van der Waals surface area contributed by atoms with Crippen LogP contribution in [0.4, 0.5) is 10.1 Å². The van der Waals surface area contributed by atoms with E-state index in [-0.39, 0.29) is 17.8 Å². The Labute approximate surface area is 162 Å². The molecule has 0 spiro atoms. The number of carbonyl (C=O) groups excluding carboxylic acids is 1. The summed E-state index contributed by atoms with van der Waals surface area (Å²) in [6.07, 6.45) is 4.50. The van der Waals surface area contributed by atoms with E-state index in [0.717, 1.165) is 18.8 Å². The Morgan fingerprint density at radius 1 is 1.00 bits per heavy atom. The number of thiophene rings is 1. The summed E-state index contributed by atoms with van der Waals surface area (Å²) in [4.78, 5) is 18.3. The maximum Gasteiger partial charge on any atom is 0.225 e. The Kier molecular flexibility index (Phi) is 5.25. The highest BCUT2D eigenvalue weighted by atomic mass is 32.1. The molecule has 2 aromatic heterocycles. The van der Waals surface area contributed by atoms with Crippen molar-refractivity contribution < 1.29 is 9.18 Å². The Morgan fingerprint density at radius 3 is 2.33 bits per heavy atom. The number of aromatic nitrogens is 1. The first-order chi connectivity index (χ1) is 13.2. The van der Waals surface area contributed by atoms with E-state index in [0.29, 0.717) is 19.5 Å². The predicted octanol–water partition coefficient (Wildman–Crippen LogP) is 4.02. The Morgan fingerprint density at radius 2 is 1.70 bits per heavy atom. The second-order valence-electron chi connectivity index (χ2n) is 6.71. The molecule has 1 atom stereocenters. The van der Waals surface area contributed by atoms with Crippen molar-refractivity contribution in [1.29, 1.82) is 0 Å². The van der Waals surface area contributed by atoms with Crippen LogP contribution in [0.25, 0.3) is 0 Å². The van der Waals surface area contributed by atoms with Crippen molar-refractivity contribution >= 4 is 22.9 Å². The van der Waals surface area contributed by atoms with Gasteiger partial charge in [-0.1, -0.05) is 6.07 Å². The first kappa shape index (κ1) is 17.8. The second kappa shape index (κ2) is 7.96. The summed E-state index contributed by atoms with van der Waals surface area (Å²) in [6.45, 7) is 2.92. The molecule has 4 nitrogen and oxygen atoms in total. The van der Waals surface area contributed by atoms with Crippen molar-refractivity contribution in [2.45, 2.75) is 12.5 Å². The summed E-state index contributed by atoms with van der Waals surface area (Å²) in [5, 5.41) is 2.05. The number of hydrogen-bond acceptors (Lipinski definition) is 3. The number of hydrogen-bond donors (Lipinski definition) is 0. The molecule has 4 rings (SSSR count). The minimum absolute atomic E-state index is 0.0441. The largest absolute Gasteiger partial charge is 0.368 e. The molecule has 3 heterocycles. The van der Waals surface area contributed by atoms with E-state index in [9.17, 15) is 9.18 Å². The van der Waals surface area contributed by atoms with E-state index >= 15 is 0 Å². The first-order valence-corrected chi connectivity index (χ1v) is 10.0. The van der Waals surface area contributed by atoms with Crippen molar-refractivity contribution in [1.82, 2.24) is 9.47 Å². The van der Waals surface area contributed by atoms with Crippen LogP contribution in [0, 0.1) is 5.82 Å². The van der Waals surface area contributed by atoms with Crippen LogP contribution in [0.3, 0.4) is 0 Å². The normalized spacial score (nSPS) is 15.7. The van der Waals surface area contributed by atoms with Crippen LogP contribution < -0.4 is 4.90 Å². The fraction of sp³-hybridized carbons (Fsp3) is 0.286. The van der Waals surface area contributed by atoms with E-state index in [4.69, 9.17) is 0 Å². The molecule has 27 heavy (non-hydrogen) atoms. The smallest absolute Gasteiger partial charge is 0.225 e. The summed E-state index contributed by atoms with van der Waals surface area (Å²) in [7, 11) is 0. The quantitative estimate of drug-likeness (QED) is 0.666. The molecule has 1 amide bonds. The third-order valence-corrected chi connectivity index (χ3v) is 6.02. The Balaban J connectivity index is 1.39. The lowest BCUT2D eigenvalue weighted by Gasteiger charge is -2.36. The maximum absolute atomic E-state index is 13.1. The number of amides is 1. The van der Waals surface area contributed by atoms with Crippen molar-refractivity contribution in [2.24, 2.45) is 0 Å². The minimum Gasteiger partial charge on any atom is -0.368 e. The van der Waals surface area contributed by atoms with Crippen LogP contribution in [0.2, 0.25) is 0 Å². The first-order valence-electron chi connectivity index (χ1n) is 9.15. The zero-order valence-electron chi connectivity index (χ0n) is 15.0. The summed E-state index contributed by atoms with van der Waals surface area (Å²) in [5.74, 6) is -0.0435. The zero-order valence-corrected chi connectivity index (χ0v) is 15.8. The standard InChI is InChI=1S/C21H22FN3OS/c22-17-5-7-18(8-6-17)23-11-13-25(14-12-23)21(26)16-19(20-4-3-15-27-20)24-9-1-2-10-24/h1-10,15,19H,11-14,16H2/t19-/m1/s1. The average Bonchev–Trinajstić information content (AvgIpc) is 3.41. The second-order valence-corrected chi connectivity index (χ2v) is 7.69. The molecule has 0 saturated carbocycles. The number of halogens is 1. The molecule has 140 valence electrons. The summed E-state index contributed by atoms with van der Waals surface area (Å²) >= 11 is 1.69. The lowest BCUT2D eigenvalue weighted by atomic mass is 10.1. The van der Waals surface area contributed by atoms with Gasteiger partial charge in [-0.05, 0) is 47.8 Å². The highest BCUT2D eigenvalue weighted by Gasteiger charge is 2.25. The molecule has 3 aromatic rings. The van der Waals surface area contributed by atoms with Gasteiger partial charge in [0.25, 0.3) is 0 Å². The zero-order chi connectivity index (χ0) is 18.6. The molecule has 0 N–H and O–H groups in total. The molecule has 0 aliphatic carbocycles. The molecule has 1 fully saturated rings. The Bertz CT molecular complexity index is 819. The molecule has 0 bridgehead atoms. The van der Waals surface area contributed by atoms with E-state index < -0.39 is 0 Å². The summed E-state index contributed by atoms with van der Waals surface area (Å²) in [6, 6.07) is 14.7. The third kappa shape index (κ3) is 4.06. The van der Waals surface area contributed by atoms with Crippen molar-refractivity contribution in [3.8, 4) is 0 Å². The molecule has 1 aliphatic rings. The van der Waals surface area contributed by atoms with E-state index in [1.807, 2.05) is 35.5 Å². The molecule has 1 saturated heterocycles. The number of nitrogens with zero attached hydrogens (tertiary/aromatic N) is 3. The van der Waals surface area contributed by atoms with Gasteiger partial charge in [0.05, 0.1) is 12.5 Å². The summed E-state index contributed by atoms with van der Waals surface area (Å²) in [5.41, 5.74) is 1.01. The van der Waals surface area contributed by atoms with Gasteiger partial charge >= 0.3 is 0 Å². The number of piperazine rings is 1. The van der Waals surface area contributed by atoms with Crippen LogP contribution in [-0.4, -0.2) is 41.6 Å². The topological polar surface area (TPSA) is 28.5 Å². The highest BCUT2D eigenvalue weighted by Crippen LogP contribution is 2.27. The van der Waals surface area contributed by atoms with Gasteiger partial charge < -0.3 is 14.4 Å². The fourth-order valence-corrected chi connectivity index (χ4v) is 4.38. The number of carbonyl (C=O) groups is 1. The van der Waals surface area contributed by atoms with Gasteiger partial charge in [0.1, 0.15) is 5.82 Å². The van der Waals surface area contributed by atoms with Gasteiger partial charge in [0.2, 0.25) is 5.91 Å². The van der Waals surface area contributed by atoms with Crippen LogP contribution in [0.1, 0.15) is 17.3 Å². The van der Waals surface area contributed by atoms with Crippen LogP contribution in [0.5, 0.6) is 0 Å². The molecule has 1 aliphatic heterocycles. The van der Waals surface area contributed by atoms with Crippen molar-refractivity contribution in [3.05, 3.63) is 77.0 Å². The van der Waals surface area contributed by atoms with Crippen LogP contribution in [-0.2, 0) is 4.79 Å². The molecular weight excluding hydrogens is 361 g/mol. The highest BCUT2D eigenvalue weighted by molar-refractivity contribution is 7.10. The van der Waals surface area contributed by atoms with E-state index in [1.165, 1.54) is 17.0 Å². The number of benzene rings is 1. The van der Waals surface area contributed by atoms with Gasteiger partial charge in [-0.2, -0.15) is 0 Å². The van der Waals surface area contributed by atoms with Gasteiger partial charge in [-0.15, -0.1) is 11.3 Å². The molecule has 6 heteroatoms. The minimum atomic E-state index is -0.225. The fourth-order valence-electron chi connectivity index (χ4n) is 3.55. The van der Waals surface area contributed by atoms with E-state index in [1.54, 1.807) is 23.5 Å². The molecule has 0 unspecified atom stereocenters. The lowest BCUT2D eigenvalue weighted by molar-refractivity contribution is -0.132. The average molecular weight is 383 g/mol. The number of anilines is 1. The van der Waals surface area contributed by atoms with Gasteiger partial charge in [-0.3, -0.25) is 4.79 Å². The van der Waals surface area contributed by atoms with E-state index in [2.05, 4.69) is 20.9 Å². The third-order valence-electron chi connectivity index (χ3n) is 5.05. The predicted molar refractivity (Wildman–Crippen MR) is 107 cm³/mol. The van der Waals surface area contributed by atoms with Crippen LogP contribution in [0.15, 0.2) is 66.3 Å². The lowest BCUT2D eigenvalue weighted by Crippen LogP contribution is -2.49. The molecular formula is C21H22FN3OS. The maximum atomic E-state index is 13.1. The van der Waals surface area contributed by atoms with Crippen LogP contribution >= 0.6 is 11.3 Å². The molecule has 0 radical (unpaired) electrons. The van der Waals surface area contributed by atoms with Gasteiger partial charge in [-0.25, -0.2) is 4.39 Å². The Hall–Kier alpha value is -2.60. The molecule has 1 aromatic carbocycles. The van der Waals surface area contributed by atoms with Crippen molar-refractivity contribution in [2.75, 3.05) is 31.1 Å². The summed E-state index contributed by atoms with van der Waals surface area (Å²) < 4.78 is 15.2. The monoisotopic (exact) mass is 383 g/mol. The van der Waals surface area contributed by atoms with Gasteiger partial charge in [0, 0.05) is 49.1 Å². The number of rotatable bonds is 5. The SMILES string of the molecule is O=C(C[C@H](c1cccs1)n1cccc1)N1CCN(c2ccc(F)cc2)CC1. The van der Waals surface area contributed by atoms with Gasteiger partial charge in [0.15, 0.2) is 0 Å².